The Balaban J connectivity index is 1.82. The van der Waals surface area contributed by atoms with E-state index in [-0.39, 0.29) is 18.3 Å². The normalized spacial score (nSPS) is 11.1. The van der Waals surface area contributed by atoms with Crippen molar-refractivity contribution in [3.63, 3.8) is 0 Å². The van der Waals surface area contributed by atoms with E-state index in [0.29, 0.717) is 37.7 Å². The van der Waals surface area contributed by atoms with E-state index in [4.69, 9.17) is 18.7 Å². The van der Waals surface area contributed by atoms with Gasteiger partial charge in [0.2, 0.25) is 0 Å². The van der Waals surface area contributed by atoms with Crippen molar-refractivity contribution in [2.45, 2.75) is 19.6 Å². The minimum atomic E-state index is -0.0906. The van der Waals surface area contributed by atoms with Crippen LogP contribution in [0, 0.1) is 5.92 Å². The molecular formula is C18H23NO5. The van der Waals surface area contributed by atoms with E-state index in [0.717, 1.165) is 5.56 Å². The second-order valence-corrected chi connectivity index (χ2v) is 5.56. The Morgan fingerprint density at radius 1 is 1.12 bits per heavy atom. The van der Waals surface area contributed by atoms with Crippen molar-refractivity contribution < 1.29 is 23.5 Å². The number of methoxy groups -OCH3 is 2. The molecule has 24 heavy (non-hydrogen) atoms. The van der Waals surface area contributed by atoms with Crippen LogP contribution in [0.1, 0.15) is 28.2 Å². The van der Waals surface area contributed by atoms with Crippen LogP contribution in [-0.4, -0.2) is 38.4 Å². The van der Waals surface area contributed by atoms with Gasteiger partial charge in [-0.15, -0.1) is 0 Å². The molecule has 0 amide bonds. The number of hydrogen-bond acceptors (Lipinski definition) is 6. The Kier molecular flexibility index (Phi) is 7.61. The maximum atomic E-state index is 12.2. The van der Waals surface area contributed by atoms with Crippen molar-refractivity contribution in [1.82, 2.24) is 5.16 Å². The van der Waals surface area contributed by atoms with E-state index in [1.54, 1.807) is 20.3 Å². The molecule has 0 spiro atoms. The van der Waals surface area contributed by atoms with Crippen molar-refractivity contribution >= 4 is 5.78 Å². The number of aromatic nitrogens is 1. The van der Waals surface area contributed by atoms with Gasteiger partial charge in [0, 0.05) is 32.6 Å². The molecule has 0 saturated heterocycles. The van der Waals surface area contributed by atoms with Gasteiger partial charge in [0.1, 0.15) is 12.3 Å². The van der Waals surface area contributed by atoms with Crippen molar-refractivity contribution in [2.75, 3.05) is 27.4 Å². The van der Waals surface area contributed by atoms with Gasteiger partial charge in [-0.2, -0.15) is 0 Å². The standard InChI is InChI=1S/C18H23NO5/c1-21-10-15(11-22-2)8-18(20)17-9-16(24-19-17)13-23-12-14-6-4-3-5-7-14/h3-7,9,15H,8,10-13H2,1-2H3. The predicted octanol–water partition coefficient (Wildman–Crippen LogP) is 2.87. The minimum Gasteiger partial charge on any atom is -0.384 e. The zero-order valence-electron chi connectivity index (χ0n) is 14.1. The number of carbonyl (C=O) groups is 1. The van der Waals surface area contributed by atoms with Gasteiger partial charge in [0.05, 0.1) is 19.8 Å². The lowest BCUT2D eigenvalue weighted by atomic mass is 10.0. The van der Waals surface area contributed by atoms with Crippen LogP contribution < -0.4 is 0 Å². The molecule has 6 heteroatoms. The van der Waals surface area contributed by atoms with E-state index in [9.17, 15) is 4.79 Å². The lowest BCUT2D eigenvalue weighted by Crippen LogP contribution is -2.19. The van der Waals surface area contributed by atoms with E-state index in [1.807, 2.05) is 30.3 Å². The zero-order valence-corrected chi connectivity index (χ0v) is 14.1. The summed E-state index contributed by atoms with van der Waals surface area (Å²) in [6.45, 7) is 1.68. The van der Waals surface area contributed by atoms with Gasteiger partial charge < -0.3 is 18.7 Å². The summed E-state index contributed by atoms with van der Waals surface area (Å²) in [6, 6.07) is 11.5. The number of benzene rings is 1. The molecule has 0 atom stereocenters. The second kappa shape index (κ2) is 9.97. The molecule has 0 unspecified atom stereocenters. The highest BCUT2D eigenvalue weighted by molar-refractivity contribution is 5.94. The summed E-state index contributed by atoms with van der Waals surface area (Å²) in [5.74, 6) is 0.443. The number of ether oxygens (including phenoxy) is 3. The van der Waals surface area contributed by atoms with Gasteiger partial charge in [-0.1, -0.05) is 35.5 Å². The van der Waals surface area contributed by atoms with E-state index < -0.39 is 0 Å². The highest BCUT2D eigenvalue weighted by atomic mass is 16.5. The number of carbonyl (C=O) groups excluding carboxylic acids is 1. The maximum Gasteiger partial charge on any atom is 0.185 e. The largest absolute Gasteiger partial charge is 0.384 e. The third-order valence-electron chi connectivity index (χ3n) is 3.48. The molecule has 1 aromatic carbocycles. The maximum absolute atomic E-state index is 12.2. The predicted molar refractivity (Wildman–Crippen MR) is 87.6 cm³/mol. The third kappa shape index (κ3) is 5.88. The highest BCUT2D eigenvalue weighted by Gasteiger charge is 2.18. The molecule has 0 aliphatic carbocycles. The summed E-state index contributed by atoms with van der Waals surface area (Å²) >= 11 is 0. The van der Waals surface area contributed by atoms with Gasteiger partial charge >= 0.3 is 0 Å². The first-order valence-corrected chi connectivity index (χ1v) is 7.81. The van der Waals surface area contributed by atoms with Gasteiger partial charge in [0.15, 0.2) is 11.5 Å². The summed E-state index contributed by atoms with van der Waals surface area (Å²) in [7, 11) is 3.21. The molecule has 2 rings (SSSR count). The summed E-state index contributed by atoms with van der Waals surface area (Å²) < 4.78 is 20.9. The molecule has 0 saturated carbocycles. The smallest absolute Gasteiger partial charge is 0.185 e. The zero-order chi connectivity index (χ0) is 17.2. The van der Waals surface area contributed by atoms with E-state index in [2.05, 4.69) is 5.16 Å². The Bertz CT molecular complexity index is 605. The topological polar surface area (TPSA) is 70.8 Å². The fourth-order valence-electron chi connectivity index (χ4n) is 2.36. The third-order valence-corrected chi connectivity index (χ3v) is 3.48. The fourth-order valence-corrected chi connectivity index (χ4v) is 2.36. The molecule has 6 nitrogen and oxygen atoms in total. The summed E-state index contributed by atoms with van der Waals surface area (Å²) in [4.78, 5) is 12.2. The molecule has 0 aliphatic heterocycles. The lowest BCUT2D eigenvalue weighted by Gasteiger charge is -2.12. The molecule has 0 aliphatic rings. The van der Waals surface area contributed by atoms with E-state index in [1.165, 1.54) is 0 Å². The number of hydrogen-bond donors (Lipinski definition) is 0. The fraction of sp³-hybridized carbons (Fsp3) is 0.444. The first-order chi connectivity index (χ1) is 11.7. The Morgan fingerprint density at radius 2 is 1.83 bits per heavy atom. The lowest BCUT2D eigenvalue weighted by molar-refractivity contribution is 0.0687. The Labute approximate surface area is 141 Å². The monoisotopic (exact) mass is 333 g/mol. The first-order valence-electron chi connectivity index (χ1n) is 7.81. The van der Waals surface area contributed by atoms with Crippen molar-refractivity contribution in [3.8, 4) is 0 Å². The molecule has 2 aromatic rings. The molecule has 130 valence electrons. The number of nitrogens with zero attached hydrogens (tertiary/aromatic N) is 1. The molecule has 1 aromatic heterocycles. The Hall–Kier alpha value is -2.02. The molecule has 1 heterocycles. The molecule has 0 radical (unpaired) electrons. The van der Waals surface area contributed by atoms with Crippen LogP contribution in [0.15, 0.2) is 40.9 Å². The van der Waals surface area contributed by atoms with Crippen molar-refractivity contribution in [1.29, 1.82) is 0 Å². The Morgan fingerprint density at radius 3 is 2.50 bits per heavy atom. The molecule has 0 N–H and O–H groups in total. The molecular weight excluding hydrogens is 310 g/mol. The summed E-state index contributed by atoms with van der Waals surface area (Å²) in [5.41, 5.74) is 1.39. The highest BCUT2D eigenvalue weighted by Crippen LogP contribution is 2.13. The van der Waals surface area contributed by atoms with Crippen LogP contribution in [-0.2, 0) is 27.4 Å². The molecule has 0 fully saturated rings. The SMILES string of the molecule is COCC(COC)CC(=O)c1cc(COCc2ccccc2)on1. The second-order valence-electron chi connectivity index (χ2n) is 5.56. The summed E-state index contributed by atoms with van der Waals surface area (Å²) in [6.07, 6.45) is 0.304. The van der Waals surface area contributed by atoms with Crippen LogP contribution in [0.2, 0.25) is 0 Å². The molecule has 0 bridgehead atoms. The average Bonchev–Trinajstić information content (AvgIpc) is 3.05. The van der Waals surface area contributed by atoms with Crippen LogP contribution in [0.3, 0.4) is 0 Å². The average molecular weight is 333 g/mol. The van der Waals surface area contributed by atoms with Crippen LogP contribution in [0.5, 0.6) is 0 Å². The van der Waals surface area contributed by atoms with Crippen LogP contribution >= 0.6 is 0 Å². The van der Waals surface area contributed by atoms with Gasteiger partial charge in [-0.05, 0) is 5.56 Å². The number of Topliss-reactive ketones (excluding diaryl/α,β-unsaturated/α-hetero) is 1. The van der Waals surface area contributed by atoms with E-state index >= 15 is 0 Å². The first kappa shape index (κ1) is 18.3. The van der Waals surface area contributed by atoms with Gasteiger partial charge in [-0.3, -0.25) is 4.79 Å². The summed E-state index contributed by atoms with van der Waals surface area (Å²) in [5, 5.41) is 3.83. The van der Waals surface area contributed by atoms with Crippen LogP contribution in [0.4, 0.5) is 0 Å². The number of ketones is 1. The van der Waals surface area contributed by atoms with Crippen LogP contribution in [0.25, 0.3) is 0 Å². The number of rotatable bonds is 11. The quantitative estimate of drug-likeness (QED) is 0.589. The van der Waals surface area contributed by atoms with Gasteiger partial charge in [-0.25, -0.2) is 0 Å². The van der Waals surface area contributed by atoms with Gasteiger partial charge in [0.25, 0.3) is 0 Å². The van der Waals surface area contributed by atoms with Crippen molar-refractivity contribution in [2.24, 2.45) is 5.92 Å². The minimum absolute atomic E-state index is 0.00183. The van der Waals surface area contributed by atoms with Crippen molar-refractivity contribution in [3.05, 3.63) is 53.4 Å².